The Morgan fingerprint density at radius 1 is 1.20 bits per heavy atom. The number of methoxy groups -OCH3 is 1. The number of carbonyl (C=O) groups excluding carboxylic acids is 4. The summed E-state index contributed by atoms with van der Waals surface area (Å²) in [7, 11) is 1.25. The van der Waals surface area contributed by atoms with Crippen molar-refractivity contribution in [2.24, 2.45) is 0 Å². The van der Waals surface area contributed by atoms with Crippen LogP contribution in [0.4, 0.5) is 10.5 Å². The molecule has 0 spiro atoms. The van der Waals surface area contributed by atoms with Crippen LogP contribution in [0.15, 0.2) is 45.8 Å². The molecule has 0 saturated carbocycles. The fourth-order valence-electron chi connectivity index (χ4n) is 2.95. The summed E-state index contributed by atoms with van der Waals surface area (Å²) in [5, 5.41) is 2.35. The van der Waals surface area contributed by atoms with Crippen LogP contribution in [-0.4, -0.2) is 54.8 Å². The van der Waals surface area contributed by atoms with Crippen molar-refractivity contribution in [2.75, 3.05) is 32.2 Å². The molecular formula is C23H20BrClN2O7S. The third-order valence-electron chi connectivity index (χ3n) is 4.51. The molecule has 184 valence electrons. The Bertz CT molecular complexity index is 1200. The first kappa shape index (κ1) is 26.6. The molecule has 0 bridgehead atoms. The molecule has 0 unspecified atom stereocenters. The minimum Gasteiger partial charge on any atom is -0.490 e. The molecule has 1 aliphatic rings. The second kappa shape index (κ2) is 12.1. The molecule has 3 rings (SSSR count). The van der Waals surface area contributed by atoms with E-state index >= 15 is 0 Å². The quantitative estimate of drug-likeness (QED) is 0.333. The number of nitrogens with one attached hydrogen (secondary N) is 1. The number of para-hydroxylation sites is 1. The van der Waals surface area contributed by atoms with E-state index in [0.29, 0.717) is 38.9 Å². The van der Waals surface area contributed by atoms with Crippen molar-refractivity contribution < 1.29 is 33.4 Å². The molecule has 1 N–H and O–H groups in total. The van der Waals surface area contributed by atoms with Gasteiger partial charge in [0.15, 0.2) is 18.1 Å². The van der Waals surface area contributed by atoms with Crippen molar-refractivity contribution in [3.63, 3.8) is 0 Å². The fraction of sp³-hybridized carbons (Fsp3) is 0.217. The number of ether oxygens (including phenoxy) is 3. The highest BCUT2D eigenvalue weighted by Crippen LogP contribution is 2.39. The average Bonchev–Trinajstić information content (AvgIpc) is 3.07. The summed E-state index contributed by atoms with van der Waals surface area (Å²) >= 11 is 10.1. The van der Waals surface area contributed by atoms with Crippen LogP contribution in [-0.2, 0) is 19.1 Å². The largest absolute Gasteiger partial charge is 0.490 e. The van der Waals surface area contributed by atoms with Crippen LogP contribution >= 0.6 is 39.3 Å². The standard InChI is InChI=1S/C23H20BrClN2O7S/c1-3-33-17-9-13(8-14(24)21(17)34-12-20(29)32-2)10-18-22(30)27(23(31)35-18)11-19(28)26-16-7-5-4-6-15(16)25/h4-10H,3,11-12H2,1-2H3,(H,26,28)/b18-10+. The van der Waals surface area contributed by atoms with Gasteiger partial charge in [0, 0.05) is 0 Å². The number of carbonyl (C=O) groups is 4. The third kappa shape index (κ3) is 6.77. The summed E-state index contributed by atoms with van der Waals surface area (Å²) in [6, 6.07) is 9.89. The lowest BCUT2D eigenvalue weighted by Crippen LogP contribution is -2.36. The van der Waals surface area contributed by atoms with E-state index < -0.39 is 29.6 Å². The van der Waals surface area contributed by atoms with Crippen LogP contribution in [0.25, 0.3) is 6.08 Å². The van der Waals surface area contributed by atoms with E-state index in [-0.39, 0.29) is 11.5 Å². The van der Waals surface area contributed by atoms with Crippen molar-refractivity contribution in [3.05, 3.63) is 56.4 Å². The maximum atomic E-state index is 12.8. The van der Waals surface area contributed by atoms with Gasteiger partial charge >= 0.3 is 5.97 Å². The van der Waals surface area contributed by atoms with Gasteiger partial charge in [0.1, 0.15) is 6.54 Å². The van der Waals surface area contributed by atoms with Gasteiger partial charge in [-0.1, -0.05) is 23.7 Å². The lowest BCUT2D eigenvalue weighted by atomic mass is 10.2. The summed E-state index contributed by atoms with van der Waals surface area (Å²) in [5.41, 5.74) is 0.918. The Morgan fingerprint density at radius 3 is 2.63 bits per heavy atom. The van der Waals surface area contributed by atoms with E-state index in [0.717, 1.165) is 16.7 Å². The first-order valence-electron chi connectivity index (χ1n) is 10.2. The van der Waals surface area contributed by atoms with E-state index in [1.165, 1.54) is 13.2 Å². The van der Waals surface area contributed by atoms with Crippen molar-refractivity contribution >= 4 is 74.1 Å². The predicted octanol–water partition coefficient (Wildman–Crippen LogP) is 4.73. The number of benzene rings is 2. The molecule has 2 aromatic rings. The van der Waals surface area contributed by atoms with E-state index in [2.05, 4.69) is 26.0 Å². The Hall–Kier alpha value is -3.02. The molecule has 1 saturated heterocycles. The molecule has 9 nitrogen and oxygen atoms in total. The van der Waals surface area contributed by atoms with Gasteiger partial charge in [0.05, 0.1) is 33.8 Å². The Morgan fingerprint density at radius 2 is 1.94 bits per heavy atom. The minimum absolute atomic E-state index is 0.137. The molecule has 1 aliphatic heterocycles. The number of rotatable bonds is 9. The lowest BCUT2D eigenvalue weighted by Gasteiger charge is -2.14. The maximum Gasteiger partial charge on any atom is 0.343 e. The van der Waals surface area contributed by atoms with Gasteiger partial charge < -0.3 is 19.5 Å². The topological polar surface area (TPSA) is 111 Å². The monoisotopic (exact) mass is 582 g/mol. The van der Waals surface area contributed by atoms with Crippen LogP contribution in [0.5, 0.6) is 11.5 Å². The van der Waals surface area contributed by atoms with Crippen LogP contribution < -0.4 is 14.8 Å². The number of hydrogen-bond donors (Lipinski definition) is 1. The van der Waals surface area contributed by atoms with E-state index in [1.54, 1.807) is 43.3 Å². The smallest absolute Gasteiger partial charge is 0.343 e. The number of esters is 1. The van der Waals surface area contributed by atoms with Crippen LogP contribution in [0.2, 0.25) is 5.02 Å². The van der Waals surface area contributed by atoms with Gasteiger partial charge in [-0.3, -0.25) is 19.3 Å². The third-order valence-corrected chi connectivity index (χ3v) is 6.34. The Kier molecular flexibility index (Phi) is 9.19. The highest BCUT2D eigenvalue weighted by atomic mass is 79.9. The van der Waals surface area contributed by atoms with Crippen LogP contribution in [0, 0.1) is 0 Å². The number of hydrogen-bond acceptors (Lipinski definition) is 8. The number of thioether (sulfide) groups is 1. The average molecular weight is 584 g/mol. The molecular weight excluding hydrogens is 564 g/mol. The number of imide groups is 1. The second-order valence-electron chi connectivity index (χ2n) is 6.92. The summed E-state index contributed by atoms with van der Waals surface area (Å²) in [4.78, 5) is 50.1. The van der Waals surface area contributed by atoms with E-state index in [1.807, 2.05) is 0 Å². The Labute approximate surface area is 218 Å². The second-order valence-corrected chi connectivity index (χ2v) is 9.18. The molecule has 0 atom stereocenters. The maximum absolute atomic E-state index is 12.8. The lowest BCUT2D eigenvalue weighted by molar-refractivity contribution is -0.143. The zero-order valence-corrected chi connectivity index (χ0v) is 21.8. The Balaban J connectivity index is 1.77. The normalized spacial score (nSPS) is 14.3. The van der Waals surface area contributed by atoms with Crippen molar-refractivity contribution in [3.8, 4) is 11.5 Å². The first-order chi connectivity index (χ1) is 16.7. The fourth-order valence-corrected chi connectivity index (χ4v) is 4.54. The number of anilines is 1. The van der Waals surface area contributed by atoms with Crippen molar-refractivity contribution in [1.82, 2.24) is 4.90 Å². The molecule has 1 fully saturated rings. The number of halogens is 2. The van der Waals surface area contributed by atoms with Gasteiger partial charge in [0.25, 0.3) is 11.1 Å². The number of amides is 3. The van der Waals surface area contributed by atoms with Crippen LogP contribution in [0.1, 0.15) is 12.5 Å². The molecule has 1 heterocycles. The van der Waals surface area contributed by atoms with Gasteiger partial charge in [0.2, 0.25) is 5.91 Å². The van der Waals surface area contributed by atoms with Crippen molar-refractivity contribution in [2.45, 2.75) is 6.92 Å². The zero-order valence-electron chi connectivity index (χ0n) is 18.6. The van der Waals surface area contributed by atoms with E-state index in [4.69, 9.17) is 21.1 Å². The highest BCUT2D eigenvalue weighted by Gasteiger charge is 2.36. The number of nitrogens with zero attached hydrogens (tertiary/aromatic N) is 1. The summed E-state index contributed by atoms with van der Waals surface area (Å²) in [5.74, 6) is -1.10. The SMILES string of the molecule is CCOc1cc(/C=C2/SC(=O)N(CC(=O)Nc3ccccc3Cl)C2=O)cc(Br)c1OCC(=O)OC. The summed E-state index contributed by atoms with van der Waals surface area (Å²) in [6.45, 7) is 1.33. The molecule has 12 heteroatoms. The first-order valence-corrected chi connectivity index (χ1v) is 12.2. The van der Waals surface area contributed by atoms with Crippen LogP contribution in [0.3, 0.4) is 0 Å². The minimum atomic E-state index is -0.602. The van der Waals surface area contributed by atoms with E-state index in [9.17, 15) is 19.2 Å². The molecule has 0 radical (unpaired) electrons. The summed E-state index contributed by atoms with van der Waals surface area (Å²) < 4.78 is 16.2. The summed E-state index contributed by atoms with van der Waals surface area (Å²) in [6.07, 6.45) is 1.51. The van der Waals surface area contributed by atoms with Gasteiger partial charge in [-0.25, -0.2) is 4.79 Å². The van der Waals surface area contributed by atoms with Gasteiger partial charge in [-0.15, -0.1) is 0 Å². The highest BCUT2D eigenvalue weighted by molar-refractivity contribution is 9.10. The molecule has 0 aliphatic carbocycles. The molecule has 0 aromatic heterocycles. The van der Waals surface area contributed by atoms with Gasteiger partial charge in [-0.05, 0) is 70.5 Å². The van der Waals surface area contributed by atoms with Gasteiger partial charge in [-0.2, -0.15) is 0 Å². The molecule has 35 heavy (non-hydrogen) atoms. The zero-order chi connectivity index (χ0) is 25.5. The van der Waals surface area contributed by atoms with Crippen molar-refractivity contribution in [1.29, 1.82) is 0 Å². The molecule has 2 aromatic carbocycles. The molecule has 3 amide bonds. The predicted molar refractivity (Wildman–Crippen MR) is 136 cm³/mol.